The molecule has 0 aliphatic rings. The van der Waals surface area contributed by atoms with E-state index in [0.29, 0.717) is 16.7 Å². The van der Waals surface area contributed by atoms with Crippen molar-refractivity contribution in [1.82, 2.24) is 5.32 Å². The van der Waals surface area contributed by atoms with Crippen LogP contribution >= 0.6 is 0 Å². The third kappa shape index (κ3) is 3.93. The second kappa shape index (κ2) is 8.56. The maximum Gasteiger partial charge on any atom is 0.321 e. The van der Waals surface area contributed by atoms with Crippen molar-refractivity contribution in [2.24, 2.45) is 5.73 Å². The molecule has 7 nitrogen and oxygen atoms in total. The first kappa shape index (κ1) is 21.1. The Morgan fingerprint density at radius 2 is 1.50 bits per heavy atom. The number of carboxylic acids is 1. The van der Waals surface area contributed by atoms with Crippen LogP contribution in [0.1, 0.15) is 12.0 Å². The molecule has 0 heterocycles. The Labute approximate surface area is 183 Å². The van der Waals surface area contributed by atoms with Crippen LogP contribution in [0.4, 0.5) is 0 Å². The smallest absolute Gasteiger partial charge is 0.321 e. The molecule has 0 aliphatic carbocycles. The van der Waals surface area contributed by atoms with E-state index in [1.807, 2.05) is 48.5 Å². The van der Waals surface area contributed by atoms with Gasteiger partial charge in [0.1, 0.15) is 17.5 Å². The van der Waals surface area contributed by atoms with Crippen molar-refractivity contribution in [2.75, 3.05) is 0 Å². The summed E-state index contributed by atoms with van der Waals surface area (Å²) < 4.78 is 0. The zero-order chi connectivity index (χ0) is 22.8. The number of carbonyl (C=O) groups is 2. The van der Waals surface area contributed by atoms with E-state index in [2.05, 4.69) is 5.32 Å². The van der Waals surface area contributed by atoms with Gasteiger partial charge in [-0.2, -0.15) is 0 Å². The zero-order valence-electron chi connectivity index (χ0n) is 17.1. The van der Waals surface area contributed by atoms with Crippen molar-refractivity contribution in [3.8, 4) is 22.6 Å². The van der Waals surface area contributed by atoms with Crippen LogP contribution < -0.4 is 11.1 Å². The summed E-state index contributed by atoms with van der Waals surface area (Å²) in [6.45, 7) is -0.0144. The van der Waals surface area contributed by atoms with Gasteiger partial charge in [-0.25, -0.2) is 0 Å². The SMILES string of the molecule is NC(=O)C[C@@H](NCc1cc2ccccc2c(-c2c(O)ccc3ccccc23)c1O)C(=O)O. The highest BCUT2D eigenvalue weighted by Gasteiger charge is 2.22. The number of carbonyl (C=O) groups excluding carboxylic acids is 1. The molecule has 0 unspecified atom stereocenters. The number of nitrogens with two attached hydrogens (primary N) is 1. The van der Waals surface area contributed by atoms with Crippen LogP contribution in [0.2, 0.25) is 0 Å². The maximum absolute atomic E-state index is 11.5. The Bertz CT molecular complexity index is 1350. The topological polar surface area (TPSA) is 133 Å². The summed E-state index contributed by atoms with van der Waals surface area (Å²) in [5.74, 6) is -2.01. The summed E-state index contributed by atoms with van der Waals surface area (Å²) in [4.78, 5) is 22.7. The van der Waals surface area contributed by atoms with Gasteiger partial charge < -0.3 is 21.1 Å². The van der Waals surface area contributed by atoms with E-state index in [-0.39, 0.29) is 24.5 Å². The molecule has 7 heteroatoms. The molecule has 0 bridgehead atoms. The van der Waals surface area contributed by atoms with Crippen LogP contribution in [0, 0.1) is 0 Å². The molecule has 0 aromatic heterocycles. The minimum atomic E-state index is -1.21. The average Bonchev–Trinajstić information content (AvgIpc) is 2.77. The van der Waals surface area contributed by atoms with Gasteiger partial charge in [-0.15, -0.1) is 0 Å². The molecule has 0 saturated heterocycles. The average molecular weight is 430 g/mol. The third-order valence-electron chi connectivity index (χ3n) is 5.50. The first-order valence-corrected chi connectivity index (χ1v) is 10.1. The number of benzene rings is 4. The summed E-state index contributed by atoms with van der Waals surface area (Å²) in [6, 6.07) is 18.9. The second-order valence-corrected chi connectivity index (χ2v) is 7.60. The normalized spacial score (nSPS) is 12.1. The number of aliphatic carboxylic acids is 1. The zero-order valence-corrected chi connectivity index (χ0v) is 17.1. The van der Waals surface area contributed by atoms with Gasteiger partial charge in [-0.3, -0.25) is 14.9 Å². The number of carboxylic acid groups (broad SMARTS) is 1. The van der Waals surface area contributed by atoms with Crippen LogP contribution in [0.3, 0.4) is 0 Å². The quantitative estimate of drug-likeness (QED) is 0.305. The molecule has 4 aromatic carbocycles. The number of nitrogens with one attached hydrogen (secondary N) is 1. The van der Waals surface area contributed by atoms with Gasteiger partial charge in [0.25, 0.3) is 0 Å². The lowest BCUT2D eigenvalue weighted by Gasteiger charge is -2.18. The van der Waals surface area contributed by atoms with Gasteiger partial charge in [-0.05, 0) is 33.7 Å². The highest BCUT2D eigenvalue weighted by molar-refractivity contribution is 6.10. The number of hydrogen-bond donors (Lipinski definition) is 5. The minimum Gasteiger partial charge on any atom is -0.507 e. The molecular formula is C25H22N2O5. The number of fused-ring (bicyclic) bond motifs is 2. The molecular weight excluding hydrogens is 408 g/mol. The van der Waals surface area contributed by atoms with E-state index < -0.39 is 17.9 Å². The predicted molar refractivity (Wildman–Crippen MR) is 122 cm³/mol. The summed E-state index contributed by atoms with van der Waals surface area (Å²) in [5.41, 5.74) is 6.53. The van der Waals surface area contributed by atoms with Crippen molar-refractivity contribution >= 4 is 33.4 Å². The van der Waals surface area contributed by atoms with Crippen LogP contribution in [-0.4, -0.2) is 33.2 Å². The largest absolute Gasteiger partial charge is 0.507 e. The molecule has 162 valence electrons. The second-order valence-electron chi connectivity index (χ2n) is 7.60. The molecule has 0 spiro atoms. The molecule has 6 N–H and O–H groups in total. The summed E-state index contributed by atoms with van der Waals surface area (Å²) >= 11 is 0. The molecule has 1 atom stereocenters. The molecule has 32 heavy (non-hydrogen) atoms. The molecule has 0 radical (unpaired) electrons. The Morgan fingerprint density at radius 1 is 0.875 bits per heavy atom. The van der Waals surface area contributed by atoms with Crippen LogP contribution in [-0.2, 0) is 16.1 Å². The van der Waals surface area contributed by atoms with Gasteiger partial charge in [0.2, 0.25) is 5.91 Å². The predicted octanol–water partition coefficient (Wildman–Crippen LogP) is 3.49. The first-order valence-electron chi connectivity index (χ1n) is 10.1. The van der Waals surface area contributed by atoms with E-state index in [9.17, 15) is 24.9 Å². The van der Waals surface area contributed by atoms with Crippen molar-refractivity contribution in [2.45, 2.75) is 19.0 Å². The summed E-state index contributed by atoms with van der Waals surface area (Å²) in [5, 5.41) is 37.4. The monoisotopic (exact) mass is 430 g/mol. The lowest BCUT2D eigenvalue weighted by molar-refractivity contribution is -0.141. The van der Waals surface area contributed by atoms with Crippen molar-refractivity contribution in [3.05, 3.63) is 72.3 Å². The summed E-state index contributed by atoms with van der Waals surface area (Å²) in [6.07, 6.45) is -0.374. The van der Waals surface area contributed by atoms with E-state index in [1.165, 1.54) is 0 Å². The molecule has 4 aromatic rings. The Kier molecular flexibility index (Phi) is 5.66. The van der Waals surface area contributed by atoms with Crippen LogP contribution in [0.25, 0.3) is 32.7 Å². The number of hydrogen-bond acceptors (Lipinski definition) is 5. The highest BCUT2D eigenvalue weighted by Crippen LogP contribution is 2.46. The molecule has 0 saturated carbocycles. The Morgan fingerprint density at radius 3 is 2.16 bits per heavy atom. The van der Waals surface area contributed by atoms with Crippen molar-refractivity contribution < 1.29 is 24.9 Å². The first-order chi connectivity index (χ1) is 15.4. The fourth-order valence-corrected chi connectivity index (χ4v) is 3.99. The maximum atomic E-state index is 11.5. The summed E-state index contributed by atoms with van der Waals surface area (Å²) in [7, 11) is 0. The molecule has 0 aliphatic heterocycles. The molecule has 4 rings (SSSR count). The van der Waals surface area contributed by atoms with Crippen LogP contribution in [0.15, 0.2) is 66.7 Å². The van der Waals surface area contributed by atoms with E-state index in [1.54, 1.807) is 18.2 Å². The number of phenolic OH excluding ortho intramolecular Hbond substituents is 2. The van der Waals surface area contributed by atoms with Crippen molar-refractivity contribution in [1.29, 1.82) is 0 Å². The van der Waals surface area contributed by atoms with Crippen LogP contribution in [0.5, 0.6) is 11.5 Å². The molecule has 1 amide bonds. The molecule has 0 fully saturated rings. The lowest BCUT2D eigenvalue weighted by atomic mass is 9.90. The Hall–Kier alpha value is -4.10. The number of rotatable bonds is 7. The number of aromatic hydroxyl groups is 2. The van der Waals surface area contributed by atoms with Gasteiger partial charge in [0.15, 0.2) is 0 Å². The van der Waals surface area contributed by atoms with E-state index in [0.717, 1.165) is 21.5 Å². The van der Waals surface area contributed by atoms with Gasteiger partial charge in [0, 0.05) is 23.2 Å². The van der Waals surface area contributed by atoms with Crippen molar-refractivity contribution in [3.63, 3.8) is 0 Å². The van der Waals surface area contributed by atoms with Gasteiger partial charge in [0.05, 0.1) is 6.42 Å². The van der Waals surface area contributed by atoms with E-state index in [4.69, 9.17) is 5.73 Å². The fraction of sp³-hybridized carbons (Fsp3) is 0.120. The van der Waals surface area contributed by atoms with E-state index >= 15 is 0 Å². The third-order valence-corrected chi connectivity index (χ3v) is 5.50. The van der Waals surface area contributed by atoms with Gasteiger partial charge in [-0.1, -0.05) is 54.6 Å². The number of amides is 1. The lowest BCUT2D eigenvalue weighted by Crippen LogP contribution is -2.39. The number of primary amides is 1. The standard InChI is InChI=1S/C25H22N2O5/c26-21(29)12-19(25(31)32)27-13-16-11-15-6-2-4-8-18(15)23(24(16)30)22-17-7-3-1-5-14(17)9-10-20(22)28/h1-11,19,27-28,30H,12-13H2,(H2,26,29)(H,31,32)/t19-/m1/s1. The van der Waals surface area contributed by atoms with Gasteiger partial charge >= 0.3 is 5.97 Å². The highest BCUT2D eigenvalue weighted by atomic mass is 16.4. The minimum absolute atomic E-state index is 0.0144. The number of phenols is 2. The fourth-order valence-electron chi connectivity index (χ4n) is 3.99. The Balaban J connectivity index is 1.90.